The molecule has 1 aromatic carbocycles. The van der Waals surface area contributed by atoms with Crippen LogP contribution in [0.25, 0.3) is 0 Å². The number of nitrogens with one attached hydrogen (secondary N) is 1. The lowest BCUT2D eigenvalue weighted by molar-refractivity contribution is -0.137. The van der Waals surface area contributed by atoms with Crippen LogP contribution in [-0.4, -0.2) is 4.98 Å². The molecule has 2 nitrogen and oxygen atoms in total. The van der Waals surface area contributed by atoms with Gasteiger partial charge in [-0.2, -0.15) is 13.2 Å². The van der Waals surface area contributed by atoms with Crippen LogP contribution in [0.4, 0.5) is 24.0 Å². The van der Waals surface area contributed by atoms with Crippen LogP contribution in [0.3, 0.4) is 0 Å². The second-order valence-corrected chi connectivity index (χ2v) is 3.84. The lowest BCUT2D eigenvalue weighted by Gasteiger charge is -2.07. The molecule has 0 bridgehead atoms. The Labute approximate surface area is 95.2 Å². The van der Waals surface area contributed by atoms with Gasteiger partial charge in [-0.1, -0.05) is 0 Å². The van der Waals surface area contributed by atoms with Crippen molar-refractivity contribution in [1.29, 1.82) is 0 Å². The monoisotopic (exact) mass is 245 g/mol. The molecule has 1 aromatic heterocycles. The fourth-order valence-electron chi connectivity index (χ4n) is 1.12. The van der Waals surface area contributed by atoms with Crippen LogP contribution in [0.1, 0.15) is 6.93 Å². The second kappa shape index (κ2) is 4.13. The van der Waals surface area contributed by atoms with Crippen molar-refractivity contribution in [3.63, 3.8) is 0 Å². The van der Waals surface area contributed by atoms with Gasteiger partial charge in [-0.15, -0.1) is 11.3 Å². The third-order valence-electron chi connectivity index (χ3n) is 1.85. The molecule has 2 aromatic rings. The molecule has 0 unspecified atom stereocenters. The van der Waals surface area contributed by atoms with Gasteiger partial charge in [0.15, 0.2) is 5.13 Å². The van der Waals surface area contributed by atoms with Crippen molar-refractivity contribution >= 4 is 22.2 Å². The highest BCUT2D eigenvalue weighted by molar-refractivity contribution is 7.13. The molecule has 0 aliphatic carbocycles. The minimum atomic E-state index is -4.33. The van der Waals surface area contributed by atoms with Gasteiger partial charge in [0.2, 0.25) is 0 Å². The summed E-state index contributed by atoms with van der Waals surface area (Å²) in [5, 5.41) is 4.84. The summed E-state index contributed by atoms with van der Waals surface area (Å²) < 4.78 is 44.1. The first-order valence-corrected chi connectivity index (χ1v) is 5.19. The normalized spacial score (nSPS) is 12.3. The third-order valence-corrected chi connectivity index (χ3v) is 2.49. The highest BCUT2D eigenvalue weighted by atomic mass is 32.1. The molecule has 16 heavy (non-hydrogen) atoms. The predicted molar refractivity (Wildman–Crippen MR) is 56.8 cm³/mol. The van der Waals surface area contributed by atoms with Crippen LogP contribution in [0.15, 0.2) is 35.8 Å². The quantitative estimate of drug-likeness (QED) is 0.867. The molecule has 0 aliphatic rings. The van der Waals surface area contributed by atoms with Crippen molar-refractivity contribution in [2.45, 2.75) is 6.18 Å². The van der Waals surface area contributed by atoms with E-state index in [1.165, 1.54) is 28.8 Å². The maximum atomic E-state index is 12.3. The van der Waals surface area contributed by atoms with E-state index in [1.54, 1.807) is 0 Å². The Morgan fingerprint density at radius 1 is 1.25 bits per heavy atom. The summed E-state index contributed by atoms with van der Waals surface area (Å²) in [5.74, 6) is 0. The summed E-state index contributed by atoms with van der Waals surface area (Å²) in [6, 6.07) is 4.65. The van der Waals surface area contributed by atoms with Gasteiger partial charge in [0.05, 0.1) is 6.93 Å². The van der Waals surface area contributed by atoms with Crippen LogP contribution in [0.5, 0.6) is 0 Å². The number of rotatable bonds is 2. The van der Waals surface area contributed by atoms with Crippen molar-refractivity contribution in [2.24, 2.45) is 0 Å². The maximum absolute atomic E-state index is 12.3. The van der Waals surface area contributed by atoms with Gasteiger partial charge < -0.3 is 5.32 Å². The smallest absolute Gasteiger partial charge is 0.332 e. The Hall–Kier alpha value is -1.56. The summed E-state index contributed by atoms with van der Waals surface area (Å²) in [5.41, 5.74) is -0.185. The zero-order chi connectivity index (χ0) is 12.5. The van der Waals surface area contributed by atoms with E-state index in [9.17, 15) is 13.2 Å². The lowest BCUT2D eigenvalue weighted by Crippen LogP contribution is -2.04. The number of anilines is 2. The van der Waals surface area contributed by atoms with E-state index >= 15 is 0 Å². The summed E-state index contributed by atoms with van der Waals surface area (Å²) >= 11 is 1.22. The van der Waals surface area contributed by atoms with Crippen molar-refractivity contribution in [3.8, 4) is 0 Å². The number of hydrogen-bond donors (Lipinski definition) is 1. The van der Waals surface area contributed by atoms with Crippen LogP contribution in [-0.2, 0) is 6.18 Å². The summed E-state index contributed by atoms with van der Waals surface area (Å²) in [4.78, 5) is 3.83. The van der Waals surface area contributed by atoms with E-state index in [0.29, 0.717) is 10.8 Å². The number of halogens is 3. The van der Waals surface area contributed by atoms with Gasteiger partial charge in [-0.05, 0) is 24.3 Å². The molecule has 0 aliphatic heterocycles. The minimum absolute atomic E-state index is 0.129. The Morgan fingerprint density at radius 2 is 1.94 bits per heavy atom. The number of nitrogens with zero attached hydrogens (tertiary/aromatic N) is 1. The van der Waals surface area contributed by atoms with E-state index < -0.39 is 11.7 Å². The molecule has 0 radical (unpaired) electrons. The average Bonchev–Trinajstić information content (AvgIpc) is 2.63. The summed E-state index contributed by atoms with van der Waals surface area (Å²) in [7, 11) is 0. The molecular formula is C10H7F3N2S. The van der Waals surface area contributed by atoms with Crippen LogP contribution in [0, 0.1) is 0 Å². The molecular weight excluding hydrogens is 237 g/mol. The standard InChI is InChI=1S/C10H7F3N2S/c11-10(12,13)7-1-3-8(4-2-7)15-9-14-5-6-16-9/h1-6H,(H,14,15)/i5D. The Bertz CT molecular complexity index is 507. The van der Waals surface area contributed by atoms with E-state index in [0.717, 1.165) is 12.1 Å². The zero-order valence-electron chi connectivity index (χ0n) is 8.88. The summed E-state index contributed by atoms with van der Waals surface area (Å²) in [6.07, 6.45) is -4.20. The SMILES string of the molecule is [2H]c1csc(Nc2ccc(C(F)(F)F)cc2)n1. The zero-order valence-corrected chi connectivity index (χ0v) is 8.69. The second-order valence-electron chi connectivity index (χ2n) is 2.98. The molecule has 84 valence electrons. The predicted octanol–water partition coefficient (Wildman–Crippen LogP) is 3.91. The fourth-order valence-corrected chi connectivity index (χ4v) is 1.62. The van der Waals surface area contributed by atoms with E-state index in [2.05, 4.69) is 10.3 Å². The minimum Gasteiger partial charge on any atom is -0.332 e. The van der Waals surface area contributed by atoms with Crippen molar-refractivity contribution in [1.82, 2.24) is 4.98 Å². The van der Waals surface area contributed by atoms with Crippen molar-refractivity contribution < 1.29 is 14.5 Å². The van der Waals surface area contributed by atoms with Crippen LogP contribution in [0.2, 0.25) is 0 Å². The Kier molecular flexibility index (Phi) is 2.49. The van der Waals surface area contributed by atoms with Gasteiger partial charge >= 0.3 is 6.18 Å². The lowest BCUT2D eigenvalue weighted by atomic mass is 10.2. The molecule has 2 rings (SSSR count). The molecule has 0 spiro atoms. The molecule has 0 saturated heterocycles. The Morgan fingerprint density at radius 3 is 2.44 bits per heavy atom. The molecule has 1 N–H and O–H groups in total. The summed E-state index contributed by atoms with van der Waals surface area (Å²) in [6.45, 7) is 0. The first-order valence-electron chi connectivity index (χ1n) is 4.81. The Balaban J connectivity index is 2.13. The topological polar surface area (TPSA) is 24.9 Å². The number of alkyl halides is 3. The largest absolute Gasteiger partial charge is 0.416 e. The molecule has 0 amide bonds. The van der Waals surface area contributed by atoms with Gasteiger partial charge in [0.25, 0.3) is 0 Å². The number of benzene rings is 1. The highest BCUT2D eigenvalue weighted by Gasteiger charge is 2.29. The fraction of sp³-hybridized carbons (Fsp3) is 0.100. The third kappa shape index (κ3) is 2.52. The number of thiazole rings is 1. The van der Waals surface area contributed by atoms with Gasteiger partial charge in [-0.25, -0.2) is 4.98 Å². The van der Waals surface area contributed by atoms with Crippen molar-refractivity contribution in [2.75, 3.05) is 5.32 Å². The molecule has 0 saturated carbocycles. The van der Waals surface area contributed by atoms with E-state index in [1.807, 2.05) is 0 Å². The van der Waals surface area contributed by atoms with Gasteiger partial charge in [-0.3, -0.25) is 0 Å². The average molecular weight is 245 g/mol. The number of aromatic nitrogens is 1. The van der Waals surface area contributed by atoms with E-state index in [4.69, 9.17) is 1.37 Å². The highest BCUT2D eigenvalue weighted by Crippen LogP contribution is 2.30. The number of hydrogen-bond acceptors (Lipinski definition) is 3. The molecule has 0 atom stereocenters. The van der Waals surface area contributed by atoms with Crippen LogP contribution < -0.4 is 5.32 Å². The maximum Gasteiger partial charge on any atom is 0.416 e. The van der Waals surface area contributed by atoms with Crippen LogP contribution >= 0.6 is 11.3 Å². The van der Waals surface area contributed by atoms with Crippen molar-refractivity contribution in [3.05, 3.63) is 41.4 Å². The molecule has 0 fully saturated rings. The first kappa shape index (κ1) is 9.65. The first-order chi connectivity index (χ1) is 7.95. The van der Waals surface area contributed by atoms with Gasteiger partial charge in [0, 0.05) is 17.2 Å². The molecule has 1 heterocycles. The van der Waals surface area contributed by atoms with Gasteiger partial charge in [0.1, 0.15) is 0 Å². The molecule has 6 heteroatoms. The van der Waals surface area contributed by atoms with E-state index in [-0.39, 0.29) is 6.17 Å².